The second-order valence-electron chi connectivity index (χ2n) is 5.82. The molecule has 4 nitrogen and oxygen atoms in total. The molecule has 0 aliphatic heterocycles. The Morgan fingerprint density at radius 2 is 2.11 bits per heavy atom. The number of rotatable bonds is 6. The lowest BCUT2D eigenvalue weighted by atomic mass is 9.85. The largest absolute Gasteiger partial charge is 0.370 e. The summed E-state index contributed by atoms with van der Waals surface area (Å²) in [6, 6.07) is 0. The minimum atomic E-state index is 0.425. The molecule has 0 amide bonds. The topological polar surface area (TPSA) is 41.1 Å². The number of aromatic nitrogens is 2. The van der Waals surface area contributed by atoms with Crippen LogP contribution in [-0.2, 0) is 0 Å². The van der Waals surface area contributed by atoms with Crippen LogP contribution in [0.15, 0.2) is 6.33 Å². The molecule has 0 spiro atoms. The fourth-order valence-electron chi connectivity index (χ4n) is 2.68. The minimum Gasteiger partial charge on any atom is -0.370 e. The van der Waals surface area contributed by atoms with Crippen molar-refractivity contribution in [3.8, 4) is 0 Å². The normalized spacial score (nSPS) is 15.4. The minimum absolute atomic E-state index is 0.425. The first-order valence-electron chi connectivity index (χ1n) is 7.43. The fourth-order valence-corrected chi connectivity index (χ4v) is 2.68. The van der Waals surface area contributed by atoms with Crippen LogP contribution in [0.2, 0.25) is 0 Å². The summed E-state index contributed by atoms with van der Waals surface area (Å²) in [6.07, 6.45) is 5.80. The van der Waals surface area contributed by atoms with Gasteiger partial charge in [-0.05, 0) is 31.6 Å². The van der Waals surface area contributed by atoms with Gasteiger partial charge in [0, 0.05) is 25.7 Å². The zero-order valence-corrected chi connectivity index (χ0v) is 12.6. The van der Waals surface area contributed by atoms with E-state index >= 15 is 0 Å². The van der Waals surface area contributed by atoms with Gasteiger partial charge in [-0.3, -0.25) is 0 Å². The van der Waals surface area contributed by atoms with Crippen molar-refractivity contribution in [1.82, 2.24) is 9.97 Å². The molecule has 1 aromatic heterocycles. The summed E-state index contributed by atoms with van der Waals surface area (Å²) < 4.78 is 0. The lowest BCUT2D eigenvalue weighted by molar-refractivity contribution is 0.321. The van der Waals surface area contributed by atoms with Crippen LogP contribution in [0.3, 0.4) is 0 Å². The maximum absolute atomic E-state index is 4.53. The van der Waals surface area contributed by atoms with E-state index in [1.165, 1.54) is 24.8 Å². The molecule has 1 heterocycles. The predicted molar refractivity (Wildman–Crippen MR) is 80.9 cm³/mol. The molecule has 106 valence electrons. The van der Waals surface area contributed by atoms with Crippen molar-refractivity contribution < 1.29 is 0 Å². The highest BCUT2D eigenvalue weighted by molar-refractivity contribution is 5.60. The van der Waals surface area contributed by atoms with Crippen molar-refractivity contribution >= 4 is 11.6 Å². The maximum Gasteiger partial charge on any atom is 0.137 e. The monoisotopic (exact) mass is 262 g/mol. The predicted octanol–water partition coefficient (Wildman–Crippen LogP) is 3.27. The van der Waals surface area contributed by atoms with Gasteiger partial charge in [0.2, 0.25) is 0 Å². The number of anilines is 2. The molecule has 0 unspecified atom stereocenters. The fraction of sp³-hybridized carbons (Fsp3) is 0.733. The summed E-state index contributed by atoms with van der Waals surface area (Å²) >= 11 is 0. The molecule has 0 aromatic carbocycles. The first-order chi connectivity index (χ1) is 9.13. The van der Waals surface area contributed by atoms with Crippen LogP contribution in [0.5, 0.6) is 0 Å². The SMILES string of the molecule is CCNc1ncnc(N(C)CC2CCC2)c1C(C)C. The molecule has 2 rings (SSSR count). The Kier molecular flexibility index (Phi) is 4.61. The molecule has 1 fully saturated rings. The van der Waals surface area contributed by atoms with Gasteiger partial charge in [-0.1, -0.05) is 20.3 Å². The third kappa shape index (κ3) is 3.17. The second-order valence-corrected chi connectivity index (χ2v) is 5.82. The van der Waals surface area contributed by atoms with E-state index in [1.54, 1.807) is 6.33 Å². The van der Waals surface area contributed by atoms with Crippen LogP contribution in [0, 0.1) is 5.92 Å². The van der Waals surface area contributed by atoms with Crippen molar-refractivity contribution in [2.24, 2.45) is 5.92 Å². The highest BCUT2D eigenvalue weighted by Crippen LogP contribution is 2.33. The van der Waals surface area contributed by atoms with E-state index in [9.17, 15) is 0 Å². The van der Waals surface area contributed by atoms with Gasteiger partial charge in [0.15, 0.2) is 0 Å². The number of hydrogen-bond donors (Lipinski definition) is 1. The van der Waals surface area contributed by atoms with Gasteiger partial charge >= 0.3 is 0 Å². The average Bonchev–Trinajstić information content (AvgIpc) is 2.33. The van der Waals surface area contributed by atoms with Gasteiger partial charge in [-0.15, -0.1) is 0 Å². The van der Waals surface area contributed by atoms with Crippen molar-refractivity contribution in [3.63, 3.8) is 0 Å². The quantitative estimate of drug-likeness (QED) is 0.854. The van der Waals surface area contributed by atoms with Gasteiger partial charge in [0.25, 0.3) is 0 Å². The first kappa shape index (κ1) is 14.1. The van der Waals surface area contributed by atoms with E-state index in [2.05, 4.69) is 48.0 Å². The van der Waals surface area contributed by atoms with Gasteiger partial charge in [0.05, 0.1) is 0 Å². The van der Waals surface area contributed by atoms with Crippen LogP contribution >= 0.6 is 0 Å². The maximum atomic E-state index is 4.53. The van der Waals surface area contributed by atoms with Crippen LogP contribution < -0.4 is 10.2 Å². The molecule has 0 radical (unpaired) electrons. The molecule has 1 N–H and O–H groups in total. The Labute approximate surface area is 116 Å². The summed E-state index contributed by atoms with van der Waals surface area (Å²) in [5.74, 6) is 3.35. The van der Waals surface area contributed by atoms with Crippen molar-refractivity contribution in [3.05, 3.63) is 11.9 Å². The van der Waals surface area contributed by atoms with E-state index in [1.807, 2.05) is 0 Å². The molecule has 1 aliphatic rings. The van der Waals surface area contributed by atoms with Crippen LogP contribution in [0.1, 0.15) is 51.5 Å². The smallest absolute Gasteiger partial charge is 0.137 e. The molecular weight excluding hydrogens is 236 g/mol. The van der Waals surface area contributed by atoms with Gasteiger partial charge in [0.1, 0.15) is 18.0 Å². The summed E-state index contributed by atoms with van der Waals surface area (Å²) in [5, 5.41) is 3.36. The van der Waals surface area contributed by atoms with Gasteiger partial charge in [-0.2, -0.15) is 0 Å². The molecule has 1 saturated carbocycles. The number of nitrogens with one attached hydrogen (secondary N) is 1. The summed E-state index contributed by atoms with van der Waals surface area (Å²) in [6.45, 7) is 8.52. The lowest BCUT2D eigenvalue weighted by Crippen LogP contribution is -2.31. The standard InChI is InChI=1S/C15H26N4/c1-5-16-14-13(11(2)3)15(18-10-17-14)19(4)9-12-7-6-8-12/h10-12H,5-9H2,1-4H3,(H,16,17,18). The summed E-state index contributed by atoms with van der Waals surface area (Å²) in [7, 11) is 2.16. The van der Waals surface area contributed by atoms with Crippen molar-refractivity contribution in [2.75, 3.05) is 30.4 Å². The first-order valence-corrected chi connectivity index (χ1v) is 7.43. The van der Waals surface area contributed by atoms with E-state index in [-0.39, 0.29) is 0 Å². The molecule has 0 bridgehead atoms. The Morgan fingerprint density at radius 1 is 1.37 bits per heavy atom. The Balaban J connectivity index is 2.23. The highest BCUT2D eigenvalue weighted by atomic mass is 15.2. The van der Waals surface area contributed by atoms with E-state index in [0.717, 1.165) is 30.6 Å². The Morgan fingerprint density at radius 3 is 2.63 bits per heavy atom. The summed E-state index contributed by atoms with van der Waals surface area (Å²) in [4.78, 5) is 11.2. The van der Waals surface area contributed by atoms with E-state index in [0.29, 0.717) is 5.92 Å². The van der Waals surface area contributed by atoms with E-state index < -0.39 is 0 Å². The zero-order chi connectivity index (χ0) is 13.8. The van der Waals surface area contributed by atoms with E-state index in [4.69, 9.17) is 0 Å². The number of hydrogen-bond acceptors (Lipinski definition) is 4. The second kappa shape index (κ2) is 6.22. The molecule has 0 saturated heterocycles. The van der Waals surface area contributed by atoms with Crippen LogP contribution in [-0.4, -0.2) is 30.1 Å². The van der Waals surface area contributed by atoms with Crippen LogP contribution in [0.4, 0.5) is 11.6 Å². The third-order valence-electron chi connectivity index (χ3n) is 3.90. The zero-order valence-electron chi connectivity index (χ0n) is 12.6. The van der Waals surface area contributed by atoms with Crippen molar-refractivity contribution in [1.29, 1.82) is 0 Å². The molecule has 1 aliphatic carbocycles. The van der Waals surface area contributed by atoms with Gasteiger partial charge < -0.3 is 10.2 Å². The molecule has 19 heavy (non-hydrogen) atoms. The lowest BCUT2D eigenvalue weighted by Gasteiger charge is -2.32. The molecule has 4 heteroatoms. The van der Waals surface area contributed by atoms with Gasteiger partial charge in [-0.25, -0.2) is 9.97 Å². The van der Waals surface area contributed by atoms with Crippen LogP contribution in [0.25, 0.3) is 0 Å². The Hall–Kier alpha value is -1.32. The molecular formula is C15H26N4. The third-order valence-corrected chi connectivity index (χ3v) is 3.90. The molecule has 0 atom stereocenters. The number of nitrogens with zero attached hydrogens (tertiary/aromatic N) is 3. The Bertz CT molecular complexity index is 413. The average molecular weight is 262 g/mol. The highest BCUT2D eigenvalue weighted by Gasteiger charge is 2.23. The summed E-state index contributed by atoms with van der Waals surface area (Å²) in [5.41, 5.74) is 1.24. The van der Waals surface area contributed by atoms with Crippen molar-refractivity contribution in [2.45, 2.75) is 46.0 Å². The molecule has 1 aromatic rings.